The van der Waals surface area contributed by atoms with E-state index < -0.39 is 38.8 Å². The number of aromatic nitrogens is 21. The third-order valence-corrected chi connectivity index (χ3v) is 37.0. The van der Waals surface area contributed by atoms with Crippen LogP contribution >= 0.6 is 0 Å². The van der Waals surface area contributed by atoms with Gasteiger partial charge in [-0.2, -0.15) is 15.3 Å². The molecule has 0 aliphatic carbocycles. The number of anilines is 3. The number of nitrogens with zero attached hydrogens (tertiary/aromatic N) is 21. The first-order valence-electron chi connectivity index (χ1n) is 46.1. The number of aromatic carboxylic acids is 1. The molecule has 736 valence electrons. The zero-order valence-electron chi connectivity index (χ0n) is 84.6. The average Bonchev–Trinajstić information content (AvgIpc) is 1.62. The molecular weight excluding hydrogens is 1790 g/mol. The van der Waals surface area contributed by atoms with Gasteiger partial charge in [0.25, 0.3) is 28.5 Å². The molecule has 12 rings (SSSR count). The average molecular weight is 1930 g/mol. The van der Waals surface area contributed by atoms with Crippen molar-refractivity contribution in [3.63, 3.8) is 0 Å². The molecule has 135 heavy (non-hydrogen) atoms. The van der Waals surface area contributed by atoms with Crippen molar-refractivity contribution in [2.45, 2.75) is 236 Å². The number of hydrogen-bond acceptors (Lipinski definition) is 22. The second-order valence-corrected chi connectivity index (χ2v) is 61.6. The zero-order chi connectivity index (χ0) is 99.7. The number of aliphatic hydroxyl groups is 1. The fourth-order valence-corrected chi connectivity index (χ4v) is 17.9. The fraction of sp³-hybridized carbons (Fsp3) is 0.548. The first-order valence-corrected chi connectivity index (χ1v) is 59.4. The summed E-state index contributed by atoms with van der Waals surface area (Å²) in [6.45, 7) is 54.1. The van der Waals surface area contributed by atoms with E-state index in [9.17, 15) is 33.9 Å². The van der Waals surface area contributed by atoms with E-state index in [0.717, 1.165) is 81.1 Å². The number of aliphatic imine (C=N–C) groups is 1. The molecule has 0 saturated carbocycles. The van der Waals surface area contributed by atoms with Crippen molar-refractivity contribution in [1.29, 1.82) is 0 Å². The van der Waals surface area contributed by atoms with Crippen LogP contribution in [0.15, 0.2) is 112 Å². The Morgan fingerprint density at radius 3 is 1.38 bits per heavy atom. The van der Waals surface area contributed by atoms with Crippen LogP contribution in [0.1, 0.15) is 149 Å². The maximum atomic E-state index is 13.7. The van der Waals surface area contributed by atoms with Gasteiger partial charge in [0, 0.05) is 170 Å². The number of hydrogen-bond donors (Lipinski definition) is 7. The molecule has 0 unspecified atom stereocenters. The number of nitrogens with two attached hydrogens (primary N) is 1. The van der Waals surface area contributed by atoms with E-state index in [2.05, 4.69) is 194 Å². The van der Waals surface area contributed by atoms with E-state index in [1.807, 2.05) is 37.2 Å². The van der Waals surface area contributed by atoms with Gasteiger partial charge < -0.3 is 44.7 Å². The Hall–Kier alpha value is -11.4. The summed E-state index contributed by atoms with van der Waals surface area (Å²) in [4.78, 5) is 107. The van der Waals surface area contributed by atoms with Crippen LogP contribution in [0.5, 0.6) is 0 Å². The molecule has 2 amide bonds. The van der Waals surface area contributed by atoms with Gasteiger partial charge in [-0.05, 0) is 162 Å². The molecule has 0 aromatic carbocycles. The fourth-order valence-electron chi connectivity index (χ4n) is 14.2. The summed E-state index contributed by atoms with van der Waals surface area (Å²) in [6, 6.07) is 11.7. The summed E-state index contributed by atoms with van der Waals surface area (Å²) in [5.41, 5.74) is 14.3. The summed E-state index contributed by atoms with van der Waals surface area (Å²) >= 11 is 0. The number of amides is 2. The first-order chi connectivity index (χ1) is 63.1. The van der Waals surface area contributed by atoms with Crippen molar-refractivity contribution >= 4 is 102 Å². The van der Waals surface area contributed by atoms with Crippen LogP contribution in [0, 0.1) is 38.5 Å². The topological polar surface area (TPSA) is 440 Å². The van der Waals surface area contributed by atoms with Crippen LogP contribution in [0.2, 0.25) is 87.6 Å². The number of ether oxygens (including phenoxy) is 2. The molecule has 12 aromatic heterocycles. The number of pyridine rings is 3. The van der Waals surface area contributed by atoms with E-state index in [1.54, 1.807) is 143 Å². The van der Waals surface area contributed by atoms with Crippen LogP contribution < -0.4 is 38.4 Å². The Kier molecular flexibility index (Phi) is 36.5. The monoisotopic (exact) mass is 1930 g/mol. The number of H-pyrrole nitrogens is 1. The van der Waals surface area contributed by atoms with Gasteiger partial charge in [0.15, 0.2) is 27.9 Å². The van der Waals surface area contributed by atoms with Crippen LogP contribution in [0.4, 0.5) is 23.4 Å². The summed E-state index contributed by atoms with van der Waals surface area (Å²) in [5.74, 6) is 1.47. The number of carboxylic acids is 1. The molecule has 0 aliphatic heterocycles. The van der Waals surface area contributed by atoms with Gasteiger partial charge in [-0.3, -0.25) is 101 Å². The van der Waals surface area contributed by atoms with E-state index in [-0.39, 0.29) is 70.1 Å². The molecule has 0 aliphatic rings. The summed E-state index contributed by atoms with van der Waals surface area (Å²) < 4.78 is 42.9. The number of aliphatic hydroxyl groups excluding tert-OH is 1. The Balaban J connectivity index is 0.000000209. The summed E-state index contributed by atoms with van der Waals surface area (Å²) in [6.07, 6.45) is 20.8. The Morgan fingerprint density at radius 1 is 0.548 bits per heavy atom. The van der Waals surface area contributed by atoms with E-state index in [4.69, 9.17) is 34.1 Å². The molecule has 8 N–H and O–H groups in total. The number of aryl methyl sites for hydroxylation is 7. The van der Waals surface area contributed by atoms with E-state index in [0.29, 0.717) is 141 Å². The maximum Gasteiger partial charge on any atom is 0.335 e. The lowest BCUT2D eigenvalue weighted by Crippen LogP contribution is -2.41. The minimum absolute atomic E-state index is 0.115. The molecule has 0 radical (unpaired) electrons. The van der Waals surface area contributed by atoms with Gasteiger partial charge in [0.2, 0.25) is 17.9 Å². The predicted octanol–water partition coefficient (Wildman–Crippen LogP) is 15.0. The highest BCUT2D eigenvalue weighted by molar-refractivity contribution is 6.76. The second-order valence-electron chi connectivity index (χ2n) is 40.8. The number of imidazole rings is 3. The Bertz CT molecular complexity index is 6220. The van der Waals surface area contributed by atoms with Crippen LogP contribution in [0.25, 0.3) is 56.1 Å². The highest BCUT2D eigenvalue weighted by Gasteiger charge is 2.38. The largest absolute Gasteiger partial charge is 0.478 e. The van der Waals surface area contributed by atoms with Crippen LogP contribution in [-0.2, 0) is 87.2 Å². The molecule has 0 fully saturated rings. The van der Waals surface area contributed by atoms with Gasteiger partial charge in [-0.25, -0.2) is 24.7 Å². The number of aromatic amines is 1. The van der Waals surface area contributed by atoms with Crippen molar-refractivity contribution in [3.05, 3.63) is 157 Å². The molecule has 0 bridgehead atoms. The normalized spacial score (nSPS) is 13.0. The predicted molar refractivity (Wildman–Crippen MR) is 543 cm³/mol. The van der Waals surface area contributed by atoms with E-state index >= 15 is 0 Å². The number of carboxylic acid groups (broad SMARTS) is 1. The van der Waals surface area contributed by atoms with Crippen molar-refractivity contribution in [2.75, 3.05) is 55.5 Å². The van der Waals surface area contributed by atoms with Crippen LogP contribution in [0.3, 0.4) is 0 Å². The van der Waals surface area contributed by atoms with Crippen LogP contribution in [-0.4, -0.2) is 208 Å². The smallest absolute Gasteiger partial charge is 0.335 e. The van der Waals surface area contributed by atoms with E-state index in [1.165, 1.54) is 26.2 Å². The van der Waals surface area contributed by atoms with Crippen molar-refractivity contribution < 1.29 is 42.9 Å². The number of carbonyl (C=O) groups excluding carboxylic acids is 2. The minimum Gasteiger partial charge on any atom is -0.478 e. The van der Waals surface area contributed by atoms with Crippen molar-refractivity contribution in [1.82, 2.24) is 101 Å². The highest BCUT2D eigenvalue weighted by Crippen LogP contribution is 2.39. The lowest BCUT2D eigenvalue weighted by molar-refractivity contribution is 0.0694. The third kappa shape index (κ3) is 29.3. The molecule has 12 aromatic rings. The molecular formula is C93H146N26O12Si4. The standard InChI is InChI=1S/C34H56N8O4Si2.C22H28N8O3.C20H37N7OSi.C17H25N3O4Si/c1-24(14-13-15-46-48(11,12)34(3,4)5)21-42-31-29(20-35-39(31)6)37-33(42)38-30(43)26-18-25(2)36-28(19-26)27-22-41(40(7)32(27)44)23-45-16-17-47(8,9)10;1-13(6-5-7-31)12-30-20-18(11-24-28(20)3)26-22(30)27-19(32)15-8-14(2)25-17(9-15)16-10-23-29(4)21(16)33;1-16(9-8-12-28-29(6,7)20(2,3)4)13-23-18-17(14-24-26(18)5)25-19(21)27-11-10-22-15-27;1-12-8-13(17(22)23)9-15(18-12)14-10-20(19(2)16(14)21)11-24-6-7-25(3,4)5/h18-20,22,24H,13-17,21,23H2,1-12H3,(H,37,38,43);8-11,13,23,31H,5-7,12H2,1-4H3,(H,26,27,32);10-11,14-16,23H,8-9,12-13H2,1-7H3,(H2,21,25);8-10H,6-7,11H2,1-5H3,(H,22,23)/t24-;13-;16-;/m110./s1. The number of nitrogens with one attached hydrogen (secondary N) is 4. The minimum atomic E-state index is -1.79. The zero-order valence-corrected chi connectivity index (χ0v) is 88.6. The Morgan fingerprint density at radius 2 is 0.970 bits per heavy atom. The van der Waals surface area contributed by atoms with Gasteiger partial charge in [0.05, 0.1) is 57.9 Å². The van der Waals surface area contributed by atoms with Gasteiger partial charge in [-0.15, -0.1) is 0 Å². The lowest BCUT2D eigenvalue weighted by atomic mass is 10.1. The molecule has 38 nitrogen and oxygen atoms in total. The third-order valence-electron chi connectivity index (χ3n) is 24.5. The molecule has 42 heteroatoms. The highest BCUT2D eigenvalue weighted by atomic mass is 28.4. The van der Waals surface area contributed by atoms with Crippen molar-refractivity contribution in [2.24, 2.45) is 70.8 Å². The summed E-state index contributed by atoms with van der Waals surface area (Å²) in [7, 11) is 4.77. The van der Waals surface area contributed by atoms with Crippen molar-refractivity contribution in [3.8, 4) is 33.8 Å². The quantitative estimate of drug-likeness (QED) is 0.00814. The van der Waals surface area contributed by atoms with Gasteiger partial charge in [-0.1, -0.05) is 102 Å². The molecule has 0 spiro atoms. The SMILES string of the molecule is C[C@@H](CCCO[Si](C)(C)C(C)(C)C)CNc1c(N=C(N)n2ccnc2)cnn1C.Cc1cc(C(=O)Nc2nc3cnn(C)c3n2C[C@H](C)CCCO)cc(-c2c[nH]n(C)c2=O)n1.Cc1cc(C(=O)Nc2nc3cnn(C)c3n2C[C@H](C)CCCO[Si](C)(C)C(C)(C)C)cc(-c2cn(COCC[Si](C)(C)C)n(C)c2=O)n1.Cc1cc(C(=O)O)cc(-c2cn(COCC[Si](C)(C)C)n(C)c2=O)n1. The molecule has 12 heterocycles. The molecule has 3 atom stereocenters. The Labute approximate surface area is 795 Å². The second kappa shape index (κ2) is 46.0. The number of rotatable bonds is 39. The van der Waals surface area contributed by atoms with Gasteiger partial charge in [0.1, 0.15) is 42.3 Å². The lowest BCUT2D eigenvalue weighted by Gasteiger charge is -2.36. The molecule has 0 saturated heterocycles. The first kappa shape index (κ1) is 107. The maximum absolute atomic E-state index is 13.7. The number of fused-ring (bicyclic) bond motifs is 2. The summed E-state index contributed by atoms with van der Waals surface area (Å²) in [5, 5.41) is 44.0. The number of carbonyl (C=O) groups is 3. The van der Waals surface area contributed by atoms with Gasteiger partial charge >= 0.3 is 5.97 Å².